The van der Waals surface area contributed by atoms with E-state index >= 15 is 0 Å². The highest BCUT2D eigenvalue weighted by Crippen LogP contribution is 1.74. The quantitative estimate of drug-likeness (QED) is 0.479. The Kier molecular flexibility index (Phi) is 13.3. The van der Waals surface area contributed by atoms with E-state index in [1.165, 1.54) is 6.20 Å². The van der Waals surface area contributed by atoms with Crippen molar-refractivity contribution in [1.82, 2.24) is 5.32 Å². The highest BCUT2D eigenvalue weighted by atomic mass is 15.1. The van der Waals surface area contributed by atoms with Gasteiger partial charge in [-0.25, -0.2) is 4.99 Å². The Morgan fingerprint density at radius 3 is 2.36 bits per heavy atom. The van der Waals surface area contributed by atoms with Crippen molar-refractivity contribution in [3.05, 3.63) is 12.8 Å². The number of nitrogens with zero attached hydrogens (tertiary/aromatic N) is 2. The third-order valence-electron chi connectivity index (χ3n) is 0.689. The molecule has 0 aromatic rings. The molecular weight excluding hydrogens is 138 g/mol. The lowest BCUT2D eigenvalue weighted by atomic mass is 10.7. The van der Waals surface area contributed by atoms with Crippen molar-refractivity contribution < 1.29 is 0 Å². The number of rotatable bonds is 2. The fourth-order valence-corrected chi connectivity index (χ4v) is 0.382. The Balaban J connectivity index is 0. The summed E-state index contributed by atoms with van der Waals surface area (Å²) in [4.78, 5) is 7.52. The molecule has 0 aliphatic carbocycles. The maximum Gasteiger partial charge on any atom is 0.221 e. The van der Waals surface area contributed by atoms with Gasteiger partial charge in [-0.1, -0.05) is 20.4 Å². The van der Waals surface area contributed by atoms with E-state index in [1.54, 1.807) is 0 Å². The Hall–Kier alpha value is -1.12. The molecule has 11 heavy (non-hydrogen) atoms. The molecule has 0 spiro atoms. The summed E-state index contributed by atoms with van der Waals surface area (Å²) in [5, 5.41) is 2.72. The lowest BCUT2D eigenvalue weighted by molar-refractivity contribution is 1.08. The van der Waals surface area contributed by atoms with Crippen molar-refractivity contribution in [2.24, 2.45) is 9.98 Å². The average molecular weight is 155 g/mol. The molecule has 0 bridgehead atoms. The molecule has 0 aromatic heterocycles. The van der Waals surface area contributed by atoms with Crippen LogP contribution in [-0.2, 0) is 0 Å². The first-order valence-electron chi connectivity index (χ1n) is 3.73. The first kappa shape index (κ1) is 12.5. The monoisotopic (exact) mass is 155 g/mol. The van der Waals surface area contributed by atoms with Gasteiger partial charge in [-0.05, 0) is 19.8 Å². The van der Waals surface area contributed by atoms with Crippen LogP contribution in [0.4, 0.5) is 0 Å². The van der Waals surface area contributed by atoms with E-state index in [9.17, 15) is 0 Å². The normalized spacial score (nSPS) is 9.18. The number of nitrogens with one attached hydrogen (secondary N) is 1. The fourth-order valence-electron chi connectivity index (χ4n) is 0.382. The zero-order chi connectivity index (χ0) is 9.11. The first-order valence-corrected chi connectivity index (χ1v) is 3.73. The number of aliphatic imine (C=N–C) groups is 2. The molecule has 3 nitrogen and oxygen atoms in total. The first-order chi connectivity index (χ1) is 5.35. The summed E-state index contributed by atoms with van der Waals surface area (Å²) >= 11 is 0. The summed E-state index contributed by atoms with van der Waals surface area (Å²) in [6.45, 7) is 13.4. The molecule has 0 saturated carbocycles. The number of hydrogen-bond donors (Lipinski definition) is 1. The van der Waals surface area contributed by atoms with Crippen LogP contribution in [0.2, 0.25) is 0 Å². The van der Waals surface area contributed by atoms with Gasteiger partial charge in [-0.3, -0.25) is 4.99 Å². The topological polar surface area (TPSA) is 36.8 Å². The van der Waals surface area contributed by atoms with Crippen molar-refractivity contribution in [3.63, 3.8) is 0 Å². The van der Waals surface area contributed by atoms with Crippen LogP contribution in [0.5, 0.6) is 0 Å². The van der Waals surface area contributed by atoms with E-state index in [-0.39, 0.29) is 0 Å². The maximum atomic E-state index is 3.94. The molecule has 0 aliphatic rings. The van der Waals surface area contributed by atoms with Crippen molar-refractivity contribution in [2.75, 3.05) is 6.54 Å². The van der Waals surface area contributed by atoms with Crippen LogP contribution in [-0.4, -0.2) is 19.2 Å². The maximum absolute atomic E-state index is 3.94. The molecule has 0 radical (unpaired) electrons. The molecular formula is C8H17N3. The summed E-state index contributed by atoms with van der Waals surface area (Å²) in [5.41, 5.74) is 0. The molecule has 0 rings (SSSR count). The summed E-state index contributed by atoms with van der Waals surface area (Å²) in [7, 11) is 0. The molecule has 0 saturated heterocycles. The van der Waals surface area contributed by atoms with E-state index in [0.29, 0.717) is 12.5 Å². The minimum absolute atomic E-state index is 0.521. The van der Waals surface area contributed by atoms with Gasteiger partial charge in [0.15, 0.2) is 0 Å². The smallest absolute Gasteiger partial charge is 0.221 e. The summed E-state index contributed by atoms with van der Waals surface area (Å²) in [6, 6.07) is 0. The molecule has 0 aliphatic heterocycles. The molecule has 0 aromatic carbocycles. The Labute approximate surface area is 69.0 Å². The molecule has 1 N–H and O–H groups in total. The van der Waals surface area contributed by atoms with Crippen LogP contribution in [0, 0.1) is 0 Å². The molecule has 64 valence electrons. The average Bonchev–Trinajstić information content (AvgIpc) is 2.08. The van der Waals surface area contributed by atoms with Crippen molar-refractivity contribution in [3.8, 4) is 0 Å². The molecule has 3 heteroatoms. The van der Waals surface area contributed by atoms with Crippen LogP contribution < -0.4 is 5.32 Å². The van der Waals surface area contributed by atoms with Gasteiger partial charge in [-0.15, -0.1) is 0 Å². The van der Waals surface area contributed by atoms with Gasteiger partial charge in [0.25, 0.3) is 0 Å². The van der Waals surface area contributed by atoms with Gasteiger partial charge in [0.05, 0.1) is 0 Å². The summed E-state index contributed by atoms with van der Waals surface area (Å²) < 4.78 is 0. The van der Waals surface area contributed by atoms with Crippen LogP contribution in [0.3, 0.4) is 0 Å². The fraction of sp³-hybridized carbons (Fsp3) is 0.500. The van der Waals surface area contributed by atoms with Gasteiger partial charge >= 0.3 is 0 Å². The van der Waals surface area contributed by atoms with Crippen LogP contribution in [0.15, 0.2) is 22.8 Å². The molecule has 0 fully saturated rings. The second kappa shape index (κ2) is 11.6. The minimum atomic E-state index is 0.521. The van der Waals surface area contributed by atoms with Crippen molar-refractivity contribution in [2.45, 2.75) is 20.8 Å². The predicted molar refractivity (Wildman–Crippen MR) is 52.2 cm³/mol. The van der Waals surface area contributed by atoms with Gasteiger partial charge in [0.1, 0.15) is 0 Å². The van der Waals surface area contributed by atoms with Crippen LogP contribution >= 0.6 is 0 Å². The SMILES string of the molecule is C=CNC(N=C)=NCC.CC. The predicted octanol–water partition coefficient (Wildman–Crippen LogP) is 1.82. The second-order valence-electron chi connectivity index (χ2n) is 1.30. The van der Waals surface area contributed by atoms with Gasteiger partial charge < -0.3 is 5.32 Å². The Bertz CT molecular complexity index is 127. The molecule has 0 unspecified atom stereocenters. The zero-order valence-corrected chi connectivity index (χ0v) is 7.59. The highest BCUT2D eigenvalue weighted by Gasteiger charge is 1.83. The van der Waals surface area contributed by atoms with E-state index in [0.717, 1.165) is 0 Å². The van der Waals surface area contributed by atoms with Crippen LogP contribution in [0.25, 0.3) is 0 Å². The molecule has 0 atom stereocenters. The number of guanidine groups is 1. The highest BCUT2D eigenvalue weighted by molar-refractivity contribution is 5.84. The summed E-state index contributed by atoms with van der Waals surface area (Å²) in [6.07, 6.45) is 1.52. The minimum Gasteiger partial charge on any atom is -0.332 e. The zero-order valence-electron chi connectivity index (χ0n) is 7.59. The van der Waals surface area contributed by atoms with Gasteiger partial charge in [0, 0.05) is 6.54 Å². The van der Waals surface area contributed by atoms with E-state index in [2.05, 4.69) is 28.6 Å². The standard InChI is InChI=1S/C6H11N3.C2H6/c1-4-8-6(7-3)9-5-2;1-2/h4H,1,3,5H2,2H3,(H,8,9);1-2H3. The third kappa shape index (κ3) is 8.88. The van der Waals surface area contributed by atoms with Crippen molar-refractivity contribution >= 4 is 12.7 Å². The Morgan fingerprint density at radius 2 is 2.09 bits per heavy atom. The third-order valence-corrected chi connectivity index (χ3v) is 0.689. The largest absolute Gasteiger partial charge is 0.332 e. The van der Waals surface area contributed by atoms with Gasteiger partial charge in [0.2, 0.25) is 5.96 Å². The van der Waals surface area contributed by atoms with E-state index < -0.39 is 0 Å². The van der Waals surface area contributed by atoms with E-state index in [4.69, 9.17) is 0 Å². The van der Waals surface area contributed by atoms with Gasteiger partial charge in [-0.2, -0.15) is 0 Å². The Morgan fingerprint density at radius 1 is 1.55 bits per heavy atom. The second-order valence-corrected chi connectivity index (χ2v) is 1.30. The lowest BCUT2D eigenvalue weighted by Crippen LogP contribution is -2.13. The number of hydrogen-bond acceptors (Lipinski definition) is 1. The summed E-state index contributed by atoms with van der Waals surface area (Å²) in [5.74, 6) is 0.521. The van der Waals surface area contributed by atoms with Crippen molar-refractivity contribution in [1.29, 1.82) is 0 Å². The molecule has 0 amide bonds. The van der Waals surface area contributed by atoms with E-state index in [1.807, 2.05) is 20.8 Å². The van der Waals surface area contributed by atoms with Crippen LogP contribution in [0.1, 0.15) is 20.8 Å². The molecule has 0 heterocycles. The lowest BCUT2D eigenvalue weighted by Gasteiger charge is -1.94.